The molecule has 0 bridgehead atoms. The number of hydrogen-bond acceptors (Lipinski definition) is 5. The van der Waals surface area contributed by atoms with E-state index in [1.165, 1.54) is 11.3 Å². The summed E-state index contributed by atoms with van der Waals surface area (Å²) in [4.78, 5) is 12.8. The molecule has 1 N–H and O–H groups in total. The lowest BCUT2D eigenvalue weighted by molar-refractivity contribution is -0.116. The highest BCUT2D eigenvalue weighted by atomic mass is 35.5. The van der Waals surface area contributed by atoms with Gasteiger partial charge in [-0.1, -0.05) is 48.4 Å². The van der Waals surface area contributed by atoms with Gasteiger partial charge in [-0.3, -0.25) is 4.79 Å². The summed E-state index contributed by atoms with van der Waals surface area (Å²) >= 11 is 13.3. The fraction of sp³-hybridized carbons (Fsp3) is 0.333. The van der Waals surface area contributed by atoms with Gasteiger partial charge in [0, 0.05) is 23.8 Å². The molecule has 3 rings (SSSR count). The van der Waals surface area contributed by atoms with Crippen molar-refractivity contribution < 1.29 is 4.79 Å². The van der Waals surface area contributed by atoms with E-state index >= 15 is 0 Å². The first-order chi connectivity index (χ1) is 11.4. The molecule has 2 heterocycles. The molecule has 3 aromatic rings. The molecule has 0 saturated heterocycles. The molecule has 0 aliphatic heterocycles. The molecule has 0 fully saturated rings. The van der Waals surface area contributed by atoms with Crippen LogP contribution < -0.4 is 5.32 Å². The Kier molecular flexibility index (Phi) is 5.03. The second kappa shape index (κ2) is 7.04. The molecule has 0 spiro atoms. The summed E-state index contributed by atoms with van der Waals surface area (Å²) in [6.45, 7) is 4.08. The van der Waals surface area contributed by atoms with E-state index in [-0.39, 0.29) is 11.8 Å². The predicted octanol–water partition coefficient (Wildman–Crippen LogP) is 4.19. The third-order valence-electron chi connectivity index (χ3n) is 3.34. The lowest BCUT2D eigenvalue weighted by Crippen LogP contribution is -2.12. The minimum Gasteiger partial charge on any atom is -0.325 e. The van der Waals surface area contributed by atoms with Gasteiger partial charge in [-0.25, -0.2) is 0 Å². The van der Waals surface area contributed by atoms with Crippen molar-refractivity contribution in [2.75, 3.05) is 5.32 Å². The first kappa shape index (κ1) is 17.1. The van der Waals surface area contributed by atoms with Gasteiger partial charge in [0.2, 0.25) is 10.9 Å². The molecule has 6 nitrogen and oxygen atoms in total. The number of amides is 1. The highest BCUT2D eigenvalue weighted by Gasteiger charge is 2.15. The van der Waals surface area contributed by atoms with Crippen LogP contribution in [-0.4, -0.2) is 25.7 Å². The number of carbonyl (C=O) groups excluding carboxylic acids is 1. The van der Waals surface area contributed by atoms with Crippen molar-refractivity contribution in [2.45, 2.75) is 32.6 Å². The van der Waals surface area contributed by atoms with Crippen LogP contribution >= 0.6 is 34.5 Å². The number of anilines is 1. The van der Waals surface area contributed by atoms with Crippen molar-refractivity contribution in [1.82, 2.24) is 19.8 Å². The molecule has 0 radical (unpaired) electrons. The zero-order chi connectivity index (χ0) is 17.3. The van der Waals surface area contributed by atoms with Crippen LogP contribution in [-0.2, 0) is 11.2 Å². The maximum Gasteiger partial charge on any atom is 0.234 e. The van der Waals surface area contributed by atoms with Crippen molar-refractivity contribution >= 4 is 51.1 Å². The summed E-state index contributed by atoms with van der Waals surface area (Å²) in [6.07, 6.45) is 0.836. The van der Waals surface area contributed by atoms with Crippen LogP contribution in [0.1, 0.15) is 37.0 Å². The minimum absolute atomic E-state index is 0.130. The fourth-order valence-electron chi connectivity index (χ4n) is 2.16. The first-order valence-electron chi connectivity index (χ1n) is 7.40. The second-order valence-electron chi connectivity index (χ2n) is 5.58. The van der Waals surface area contributed by atoms with Crippen LogP contribution in [0.25, 0.3) is 4.96 Å². The average Bonchev–Trinajstić information content (AvgIpc) is 3.07. The zero-order valence-corrected chi connectivity index (χ0v) is 15.4. The molecular formula is C15H15Cl2N5OS. The van der Waals surface area contributed by atoms with Crippen LogP contribution in [0, 0.1) is 0 Å². The van der Waals surface area contributed by atoms with Gasteiger partial charge >= 0.3 is 0 Å². The highest BCUT2D eigenvalue weighted by molar-refractivity contribution is 7.16. The molecule has 0 unspecified atom stereocenters. The van der Waals surface area contributed by atoms with Gasteiger partial charge in [0.25, 0.3) is 0 Å². The Hall–Kier alpha value is -1.70. The van der Waals surface area contributed by atoms with Crippen LogP contribution in [0.5, 0.6) is 0 Å². The van der Waals surface area contributed by atoms with Gasteiger partial charge < -0.3 is 5.32 Å². The van der Waals surface area contributed by atoms with Gasteiger partial charge in [-0.05, 0) is 18.2 Å². The Morgan fingerprint density at radius 2 is 2.12 bits per heavy atom. The van der Waals surface area contributed by atoms with Gasteiger partial charge in [0.1, 0.15) is 5.01 Å². The van der Waals surface area contributed by atoms with E-state index in [1.807, 2.05) is 13.8 Å². The maximum atomic E-state index is 12.1. The molecule has 2 aromatic heterocycles. The lowest BCUT2D eigenvalue weighted by Gasteiger charge is -2.06. The van der Waals surface area contributed by atoms with Crippen LogP contribution in [0.4, 0.5) is 5.69 Å². The normalized spacial score (nSPS) is 11.4. The Balaban J connectivity index is 1.64. The van der Waals surface area contributed by atoms with Crippen LogP contribution in [0.15, 0.2) is 18.2 Å². The topological polar surface area (TPSA) is 72.2 Å². The third kappa shape index (κ3) is 3.68. The van der Waals surface area contributed by atoms with Gasteiger partial charge in [-0.15, -0.1) is 10.2 Å². The molecule has 24 heavy (non-hydrogen) atoms. The summed E-state index contributed by atoms with van der Waals surface area (Å²) in [5.41, 5.74) is 0.548. The molecule has 1 aromatic carbocycles. The van der Waals surface area contributed by atoms with E-state index in [0.29, 0.717) is 28.6 Å². The number of aryl methyl sites for hydroxylation is 1. The molecule has 0 aliphatic rings. The summed E-state index contributed by atoms with van der Waals surface area (Å²) in [7, 11) is 0. The van der Waals surface area contributed by atoms with Crippen molar-refractivity contribution in [3.63, 3.8) is 0 Å². The number of fused-ring (bicyclic) bond motifs is 1. The lowest BCUT2D eigenvalue weighted by atomic mass is 10.2. The fourth-order valence-corrected chi connectivity index (χ4v) is 3.45. The SMILES string of the molecule is CC(C)c1nnc2sc(CCC(=O)Nc3ccc(Cl)cc3Cl)nn12. The molecule has 0 atom stereocenters. The molecule has 0 aliphatic carbocycles. The Morgan fingerprint density at radius 3 is 2.83 bits per heavy atom. The molecule has 1 amide bonds. The van der Waals surface area contributed by atoms with E-state index in [0.717, 1.165) is 15.8 Å². The molecule has 126 valence electrons. The van der Waals surface area contributed by atoms with Gasteiger partial charge in [0.15, 0.2) is 5.82 Å². The Morgan fingerprint density at radius 1 is 1.33 bits per heavy atom. The standard InChI is InChI=1S/C15H15Cl2N5OS/c1-8(2)14-19-20-15-22(14)21-13(24-15)6-5-12(23)18-11-4-3-9(16)7-10(11)17/h3-4,7-8H,5-6H2,1-2H3,(H,18,23). The van der Waals surface area contributed by atoms with Gasteiger partial charge in [-0.2, -0.15) is 9.61 Å². The molecular weight excluding hydrogens is 369 g/mol. The number of benzene rings is 1. The third-order valence-corrected chi connectivity index (χ3v) is 4.85. The Labute approximate surface area is 152 Å². The summed E-state index contributed by atoms with van der Waals surface area (Å²) in [5.74, 6) is 0.935. The smallest absolute Gasteiger partial charge is 0.234 e. The van der Waals surface area contributed by atoms with Gasteiger partial charge in [0.05, 0.1) is 10.7 Å². The quantitative estimate of drug-likeness (QED) is 0.716. The van der Waals surface area contributed by atoms with Crippen molar-refractivity contribution in [2.24, 2.45) is 0 Å². The number of hydrogen-bond donors (Lipinski definition) is 1. The minimum atomic E-state index is -0.130. The first-order valence-corrected chi connectivity index (χ1v) is 8.97. The predicted molar refractivity (Wildman–Crippen MR) is 96.2 cm³/mol. The average molecular weight is 384 g/mol. The number of carbonyl (C=O) groups is 1. The monoisotopic (exact) mass is 383 g/mol. The number of rotatable bonds is 5. The zero-order valence-electron chi connectivity index (χ0n) is 13.1. The van der Waals surface area contributed by atoms with E-state index in [4.69, 9.17) is 23.2 Å². The number of halogens is 2. The summed E-state index contributed by atoms with van der Waals surface area (Å²) in [5, 5.41) is 17.3. The van der Waals surface area contributed by atoms with E-state index in [9.17, 15) is 4.79 Å². The number of nitrogens with one attached hydrogen (secondary N) is 1. The van der Waals surface area contributed by atoms with Crippen molar-refractivity contribution in [1.29, 1.82) is 0 Å². The van der Waals surface area contributed by atoms with E-state index < -0.39 is 0 Å². The summed E-state index contributed by atoms with van der Waals surface area (Å²) in [6, 6.07) is 4.95. The van der Waals surface area contributed by atoms with E-state index in [2.05, 4.69) is 20.6 Å². The number of nitrogens with zero attached hydrogens (tertiary/aromatic N) is 4. The Bertz CT molecular complexity index is 889. The van der Waals surface area contributed by atoms with Crippen LogP contribution in [0.3, 0.4) is 0 Å². The van der Waals surface area contributed by atoms with Crippen molar-refractivity contribution in [3.05, 3.63) is 39.1 Å². The largest absolute Gasteiger partial charge is 0.325 e. The molecule has 9 heteroatoms. The molecule has 0 saturated carbocycles. The second-order valence-corrected chi connectivity index (χ2v) is 7.46. The highest BCUT2D eigenvalue weighted by Crippen LogP contribution is 2.25. The van der Waals surface area contributed by atoms with E-state index in [1.54, 1.807) is 22.7 Å². The maximum absolute atomic E-state index is 12.1. The number of aromatic nitrogens is 4. The summed E-state index contributed by atoms with van der Waals surface area (Å²) < 4.78 is 1.75. The van der Waals surface area contributed by atoms with Crippen molar-refractivity contribution in [3.8, 4) is 0 Å². The van der Waals surface area contributed by atoms with Crippen LogP contribution in [0.2, 0.25) is 10.0 Å².